The molecule has 1 fully saturated rings. The van der Waals surface area contributed by atoms with Crippen molar-refractivity contribution in [1.29, 1.82) is 0 Å². The Bertz CT molecular complexity index is 1080. The monoisotopic (exact) mass is 440 g/mol. The quantitative estimate of drug-likeness (QED) is 0.625. The Morgan fingerprint density at radius 1 is 1.00 bits per heavy atom. The van der Waals surface area contributed by atoms with Crippen molar-refractivity contribution in [2.75, 3.05) is 36.9 Å². The van der Waals surface area contributed by atoms with Crippen LogP contribution < -0.4 is 16.2 Å². The van der Waals surface area contributed by atoms with Gasteiger partial charge in [-0.05, 0) is 36.6 Å². The number of fused-ring (bicyclic) bond motifs is 4. The Hall–Kier alpha value is -3.66. The summed E-state index contributed by atoms with van der Waals surface area (Å²) in [6, 6.07) is 11.9. The van der Waals surface area contributed by atoms with Gasteiger partial charge in [0.1, 0.15) is 18.9 Å². The average molecular weight is 440 g/mol. The number of nitrogens with zero attached hydrogens (tertiary/aromatic N) is 2. The number of hydrogen-bond acceptors (Lipinski definition) is 5. The summed E-state index contributed by atoms with van der Waals surface area (Å²) in [5.41, 5.74) is 1.36. The number of benzene rings is 1. The lowest BCUT2D eigenvalue weighted by Gasteiger charge is -2.42. The highest BCUT2D eigenvalue weighted by Crippen LogP contribution is 2.35. The zero-order valence-corrected chi connectivity index (χ0v) is 17.3. The molecule has 168 valence electrons. The number of para-hydroxylation sites is 1. The second-order valence-electron chi connectivity index (χ2n) is 8.02. The van der Waals surface area contributed by atoms with Crippen molar-refractivity contribution in [1.82, 2.24) is 9.47 Å². The number of likely N-dealkylation sites (tertiary alicyclic amines) is 1. The van der Waals surface area contributed by atoms with E-state index in [4.69, 9.17) is 9.84 Å². The summed E-state index contributed by atoms with van der Waals surface area (Å²) in [7, 11) is 0. The van der Waals surface area contributed by atoms with Crippen molar-refractivity contribution in [2.45, 2.75) is 18.9 Å². The summed E-state index contributed by atoms with van der Waals surface area (Å²) in [5, 5.41) is 14.0. The first-order valence-corrected chi connectivity index (χ1v) is 10.3. The number of anilines is 2. The molecular formula is C22H24N4O6. The fourth-order valence-corrected chi connectivity index (χ4v) is 4.37. The van der Waals surface area contributed by atoms with Crippen molar-refractivity contribution >= 4 is 29.3 Å². The van der Waals surface area contributed by atoms with Crippen LogP contribution in [0.15, 0.2) is 47.3 Å². The molecule has 0 radical (unpaired) electrons. The molecule has 4 rings (SSSR count). The molecule has 2 atom stereocenters. The van der Waals surface area contributed by atoms with E-state index in [1.807, 2.05) is 12.1 Å². The highest BCUT2D eigenvalue weighted by molar-refractivity contribution is 5.99. The maximum Gasteiger partial charge on any atom is 0.329 e. The van der Waals surface area contributed by atoms with E-state index < -0.39 is 18.6 Å². The van der Waals surface area contributed by atoms with Gasteiger partial charge in [0.05, 0.1) is 0 Å². The number of urea groups is 1. The van der Waals surface area contributed by atoms with E-state index in [1.54, 1.807) is 39.8 Å². The van der Waals surface area contributed by atoms with Gasteiger partial charge in [-0.25, -0.2) is 9.59 Å². The topological polar surface area (TPSA) is 130 Å². The molecule has 0 saturated carbocycles. The molecule has 1 saturated heterocycles. The lowest BCUT2D eigenvalue weighted by Crippen LogP contribution is -2.50. The van der Waals surface area contributed by atoms with Crippen LogP contribution in [0, 0.1) is 5.92 Å². The van der Waals surface area contributed by atoms with Crippen LogP contribution >= 0.6 is 0 Å². The zero-order valence-electron chi connectivity index (χ0n) is 17.3. The Kier molecular flexibility index (Phi) is 6.22. The molecule has 10 nitrogen and oxygen atoms in total. The highest BCUT2D eigenvalue weighted by Gasteiger charge is 2.36. The number of carbonyl (C=O) groups excluding carboxylic acids is 2. The lowest BCUT2D eigenvalue weighted by molar-refractivity contribution is -0.146. The number of carboxylic acid groups (broad SMARTS) is 1. The molecule has 32 heavy (non-hydrogen) atoms. The van der Waals surface area contributed by atoms with Gasteiger partial charge in [-0.3, -0.25) is 9.59 Å². The van der Waals surface area contributed by atoms with E-state index >= 15 is 0 Å². The van der Waals surface area contributed by atoms with E-state index in [-0.39, 0.29) is 35.6 Å². The van der Waals surface area contributed by atoms with E-state index in [0.717, 1.165) is 12.1 Å². The predicted octanol–water partition coefficient (Wildman–Crippen LogP) is 1.54. The second kappa shape index (κ2) is 9.23. The zero-order chi connectivity index (χ0) is 22.7. The number of nitrogens with one attached hydrogen (secondary N) is 2. The van der Waals surface area contributed by atoms with Crippen LogP contribution in [0.3, 0.4) is 0 Å². The minimum absolute atomic E-state index is 0.00850. The first-order chi connectivity index (χ1) is 15.4. The van der Waals surface area contributed by atoms with Crippen LogP contribution in [0.5, 0.6) is 0 Å². The number of hydrogen-bond donors (Lipinski definition) is 3. The van der Waals surface area contributed by atoms with Crippen molar-refractivity contribution in [3.05, 3.63) is 58.5 Å². The standard InChI is InChI=1S/C22H24N4O6/c27-19(12-32-13-20(28)29)25-9-14-8-15(11-25)18-7-6-17(21(30)26(18)10-14)24-22(31)23-16-4-2-1-3-5-16/h1-7,14-15H,8-13H2,(H,28,29)(H2,23,24,31). The van der Waals surface area contributed by atoms with Gasteiger partial charge in [0.15, 0.2) is 0 Å². The van der Waals surface area contributed by atoms with Crippen molar-refractivity contribution < 1.29 is 24.2 Å². The van der Waals surface area contributed by atoms with Gasteiger partial charge in [0.2, 0.25) is 5.91 Å². The third-order valence-electron chi connectivity index (χ3n) is 5.69. The van der Waals surface area contributed by atoms with E-state index in [9.17, 15) is 19.2 Å². The van der Waals surface area contributed by atoms with Gasteiger partial charge in [-0.2, -0.15) is 0 Å². The molecule has 3 heterocycles. The summed E-state index contributed by atoms with van der Waals surface area (Å²) in [4.78, 5) is 49.9. The third-order valence-corrected chi connectivity index (χ3v) is 5.69. The molecule has 2 unspecified atom stereocenters. The van der Waals surface area contributed by atoms with Crippen LogP contribution in [-0.2, 0) is 20.9 Å². The van der Waals surface area contributed by atoms with Crippen LogP contribution in [0.25, 0.3) is 0 Å². The van der Waals surface area contributed by atoms with Crippen LogP contribution in [-0.4, -0.2) is 58.8 Å². The minimum atomic E-state index is -1.12. The number of pyridine rings is 1. The second-order valence-corrected chi connectivity index (χ2v) is 8.02. The first-order valence-electron chi connectivity index (χ1n) is 10.3. The maximum atomic E-state index is 13.0. The molecule has 2 bridgehead atoms. The van der Waals surface area contributed by atoms with Crippen molar-refractivity contribution in [3.63, 3.8) is 0 Å². The van der Waals surface area contributed by atoms with E-state index in [1.165, 1.54) is 0 Å². The van der Waals surface area contributed by atoms with Gasteiger partial charge >= 0.3 is 12.0 Å². The third kappa shape index (κ3) is 4.80. The molecule has 2 aromatic rings. The lowest BCUT2D eigenvalue weighted by atomic mass is 9.83. The van der Waals surface area contributed by atoms with Crippen molar-refractivity contribution in [3.8, 4) is 0 Å². The number of ether oxygens (including phenoxy) is 1. The Labute approximate surface area is 183 Å². The van der Waals surface area contributed by atoms with Crippen LogP contribution in [0.2, 0.25) is 0 Å². The van der Waals surface area contributed by atoms with Crippen LogP contribution in [0.1, 0.15) is 18.0 Å². The van der Waals surface area contributed by atoms with Gasteiger partial charge in [0, 0.05) is 36.9 Å². The molecule has 0 spiro atoms. The van der Waals surface area contributed by atoms with Crippen molar-refractivity contribution in [2.24, 2.45) is 5.92 Å². The minimum Gasteiger partial charge on any atom is -0.480 e. The largest absolute Gasteiger partial charge is 0.480 e. The summed E-state index contributed by atoms with van der Waals surface area (Å²) in [6.07, 6.45) is 0.862. The summed E-state index contributed by atoms with van der Waals surface area (Å²) < 4.78 is 6.60. The molecule has 10 heteroatoms. The number of piperidine rings is 1. The Balaban J connectivity index is 1.44. The summed E-state index contributed by atoms with van der Waals surface area (Å²) in [6.45, 7) is 0.562. The van der Waals surface area contributed by atoms with Crippen LogP contribution in [0.4, 0.5) is 16.2 Å². The van der Waals surface area contributed by atoms with Gasteiger partial charge in [0.25, 0.3) is 5.56 Å². The SMILES string of the molecule is O=C(O)COCC(=O)N1CC2CC(C1)c1ccc(NC(=O)Nc3ccccc3)c(=O)n1C2. The molecular weight excluding hydrogens is 416 g/mol. The Morgan fingerprint density at radius 3 is 2.53 bits per heavy atom. The maximum absolute atomic E-state index is 13.0. The number of rotatable bonds is 6. The first kappa shape index (κ1) is 21.6. The normalized spacial score (nSPS) is 19.1. The summed E-state index contributed by atoms with van der Waals surface area (Å²) in [5.74, 6) is -1.29. The van der Waals surface area contributed by atoms with Gasteiger partial charge in [-0.15, -0.1) is 0 Å². The van der Waals surface area contributed by atoms with Gasteiger partial charge in [-0.1, -0.05) is 18.2 Å². The van der Waals surface area contributed by atoms with Gasteiger partial charge < -0.3 is 29.9 Å². The molecule has 2 aliphatic heterocycles. The number of aromatic nitrogens is 1. The Morgan fingerprint density at radius 2 is 1.78 bits per heavy atom. The molecule has 3 N–H and O–H groups in total. The fraction of sp³-hybridized carbons (Fsp3) is 0.364. The molecule has 0 aliphatic carbocycles. The average Bonchev–Trinajstić information content (AvgIpc) is 2.76. The molecule has 3 amide bonds. The fourth-order valence-electron chi connectivity index (χ4n) is 4.37. The smallest absolute Gasteiger partial charge is 0.329 e. The van der Waals surface area contributed by atoms with E-state index in [2.05, 4.69) is 10.6 Å². The number of amides is 3. The molecule has 1 aromatic carbocycles. The predicted molar refractivity (Wildman–Crippen MR) is 116 cm³/mol. The molecule has 1 aromatic heterocycles. The van der Waals surface area contributed by atoms with E-state index in [0.29, 0.717) is 25.3 Å². The molecule has 2 aliphatic rings. The highest BCUT2D eigenvalue weighted by atomic mass is 16.5. The summed E-state index contributed by atoms with van der Waals surface area (Å²) >= 11 is 0. The number of aliphatic carboxylic acids is 1. The number of carbonyl (C=O) groups is 3. The number of carboxylic acids is 1.